The van der Waals surface area contributed by atoms with Crippen molar-refractivity contribution in [3.8, 4) is 0 Å². The molecule has 1 aliphatic rings. The fraction of sp³-hybridized carbons (Fsp3) is 0.308. The van der Waals surface area contributed by atoms with Gasteiger partial charge >= 0.3 is 0 Å². The molecule has 0 amide bonds. The summed E-state index contributed by atoms with van der Waals surface area (Å²) in [5.41, 5.74) is 0. The quantitative estimate of drug-likeness (QED) is 0.753. The van der Waals surface area contributed by atoms with Crippen molar-refractivity contribution in [1.82, 2.24) is 4.98 Å². The fourth-order valence-corrected chi connectivity index (χ4v) is 3.33. The van der Waals surface area contributed by atoms with E-state index in [2.05, 4.69) is 24.1 Å². The molecule has 0 aliphatic heterocycles. The van der Waals surface area contributed by atoms with Gasteiger partial charge in [0.05, 0.1) is 0 Å². The van der Waals surface area contributed by atoms with Crippen LogP contribution in [0.15, 0.2) is 53.7 Å². The molecular formula is C13H15NOS. The maximum atomic E-state index is 12.5. The Balaban J connectivity index is 2.29. The van der Waals surface area contributed by atoms with E-state index in [0.717, 1.165) is 12.8 Å². The van der Waals surface area contributed by atoms with Crippen molar-refractivity contribution in [2.24, 2.45) is 0 Å². The third kappa shape index (κ3) is 2.06. The molecule has 2 unspecified atom stereocenters. The van der Waals surface area contributed by atoms with Crippen LogP contribution in [0.5, 0.6) is 0 Å². The highest BCUT2D eigenvalue weighted by molar-refractivity contribution is 7.93. The number of hydrogen-bond acceptors (Lipinski definition) is 2. The van der Waals surface area contributed by atoms with Crippen molar-refractivity contribution < 1.29 is 4.55 Å². The zero-order valence-electron chi connectivity index (χ0n) is 9.30. The molecular weight excluding hydrogens is 218 g/mol. The normalized spacial score (nSPS) is 25.6. The van der Waals surface area contributed by atoms with Crippen molar-refractivity contribution in [2.75, 3.05) is 0 Å². The predicted molar refractivity (Wildman–Crippen MR) is 66.6 cm³/mol. The van der Waals surface area contributed by atoms with Gasteiger partial charge in [0, 0.05) is 29.9 Å². The minimum absolute atomic E-state index is 0.275. The second-order valence-corrected chi connectivity index (χ2v) is 5.62. The summed E-state index contributed by atoms with van der Waals surface area (Å²) in [7, 11) is 0. The van der Waals surface area contributed by atoms with E-state index in [9.17, 15) is 4.55 Å². The Hall–Kier alpha value is -1.06. The monoisotopic (exact) mass is 233 g/mol. The summed E-state index contributed by atoms with van der Waals surface area (Å²) in [5, 5.41) is 0.671. The zero-order chi connectivity index (χ0) is 11.4. The van der Waals surface area contributed by atoms with Gasteiger partial charge in [-0.25, -0.2) is 4.98 Å². The van der Waals surface area contributed by atoms with Gasteiger partial charge in [0.15, 0.2) is 4.75 Å². The van der Waals surface area contributed by atoms with Crippen LogP contribution in [0.4, 0.5) is 0 Å². The number of pyridine rings is 1. The van der Waals surface area contributed by atoms with Gasteiger partial charge in [-0.05, 0) is 18.6 Å². The minimum Gasteiger partial charge on any atom is -0.610 e. The molecule has 1 aromatic heterocycles. The highest BCUT2D eigenvalue weighted by atomic mass is 32.2. The SMILES string of the molecule is CCC1([S+]([O-])c2ccccn2)C=CC=CC1. The van der Waals surface area contributed by atoms with E-state index in [1.807, 2.05) is 30.4 Å². The van der Waals surface area contributed by atoms with Crippen LogP contribution in [0.2, 0.25) is 0 Å². The Morgan fingerprint density at radius 1 is 1.44 bits per heavy atom. The van der Waals surface area contributed by atoms with Crippen LogP contribution < -0.4 is 0 Å². The first kappa shape index (κ1) is 11.4. The van der Waals surface area contributed by atoms with Gasteiger partial charge in [-0.2, -0.15) is 0 Å². The van der Waals surface area contributed by atoms with Crippen molar-refractivity contribution >= 4 is 11.2 Å². The second kappa shape index (κ2) is 4.85. The Bertz CT molecular complexity index is 402. The molecule has 1 heterocycles. The summed E-state index contributed by atoms with van der Waals surface area (Å²) in [6.07, 6.45) is 11.5. The van der Waals surface area contributed by atoms with Crippen molar-refractivity contribution in [1.29, 1.82) is 0 Å². The Labute approximate surface area is 99.3 Å². The van der Waals surface area contributed by atoms with Gasteiger partial charge in [0.25, 0.3) is 0 Å². The molecule has 0 fully saturated rings. The Kier molecular flexibility index (Phi) is 3.46. The van der Waals surface area contributed by atoms with Gasteiger partial charge in [-0.1, -0.05) is 31.2 Å². The largest absolute Gasteiger partial charge is 0.610 e. The first-order valence-corrected chi connectivity index (χ1v) is 6.61. The maximum absolute atomic E-state index is 12.5. The summed E-state index contributed by atoms with van der Waals surface area (Å²) in [6.45, 7) is 2.07. The molecule has 0 spiro atoms. The van der Waals surface area contributed by atoms with Crippen LogP contribution in [-0.2, 0) is 11.2 Å². The average Bonchev–Trinajstić information content (AvgIpc) is 2.39. The molecule has 1 aliphatic carbocycles. The van der Waals surface area contributed by atoms with Crippen LogP contribution in [0.1, 0.15) is 19.8 Å². The fourth-order valence-electron chi connectivity index (χ4n) is 1.84. The summed E-state index contributed by atoms with van der Waals surface area (Å²) in [6, 6.07) is 5.56. The highest BCUT2D eigenvalue weighted by Crippen LogP contribution is 2.34. The molecule has 0 saturated carbocycles. The van der Waals surface area contributed by atoms with Gasteiger partial charge in [-0.15, -0.1) is 0 Å². The van der Waals surface area contributed by atoms with Crippen LogP contribution in [0, 0.1) is 0 Å². The highest BCUT2D eigenvalue weighted by Gasteiger charge is 2.40. The van der Waals surface area contributed by atoms with E-state index in [-0.39, 0.29) is 4.75 Å². The summed E-state index contributed by atoms with van der Waals surface area (Å²) in [4.78, 5) is 4.19. The number of aromatic nitrogens is 1. The van der Waals surface area contributed by atoms with E-state index in [1.54, 1.807) is 6.20 Å². The van der Waals surface area contributed by atoms with Crippen molar-refractivity contribution in [3.63, 3.8) is 0 Å². The lowest BCUT2D eigenvalue weighted by Crippen LogP contribution is -2.36. The average molecular weight is 233 g/mol. The minimum atomic E-state index is -1.08. The van der Waals surface area contributed by atoms with E-state index in [4.69, 9.17) is 0 Å². The molecule has 0 radical (unpaired) electrons. The van der Waals surface area contributed by atoms with E-state index in [0.29, 0.717) is 5.03 Å². The molecule has 3 heteroatoms. The zero-order valence-corrected chi connectivity index (χ0v) is 10.1. The number of allylic oxidation sites excluding steroid dienone is 3. The lowest BCUT2D eigenvalue weighted by Gasteiger charge is -2.31. The molecule has 0 N–H and O–H groups in total. The molecule has 0 saturated heterocycles. The van der Waals surface area contributed by atoms with Gasteiger partial charge < -0.3 is 4.55 Å². The Morgan fingerprint density at radius 3 is 2.88 bits per heavy atom. The second-order valence-electron chi connectivity index (χ2n) is 3.85. The molecule has 2 rings (SSSR count). The molecule has 84 valence electrons. The van der Waals surface area contributed by atoms with Crippen molar-refractivity contribution in [2.45, 2.75) is 29.5 Å². The first-order chi connectivity index (χ1) is 7.78. The third-order valence-electron chi connectivity index (χ3n) is 2.91. The third-order valence-corrected chi connectivity index (χ3v) is 4.86. The molecule has 0 bridgehead atoms. The summed E-state index contributed by atoms with van der Waals surface area (Å²) < 4.78 is 12.2. The molecule has 0 aromatic carbocycles. The predicted octanol–water partition coefficient (Wildman–Crippen LogP) is 2.85. The number of nitrogens with zero attached hydrogens (tertiary/aromatic N) is 1. The maximum Gasteiger partial charge on any atom is 0.245 e. The number of hydrogen-bond donors (Lipinski definition) is 0. The van der Waals surface area contributed by atoms with Crippen molar-refractivity contribution in [3.05, 3.63) is 48.7 Å². The summed E-state index contributed by atoms with van der Waals surface area (Å²) in [5.74, 6) is 0. The molecule has 2 nitrogen and oxygen atoms in total. The lowest BCUT2D eigenvalue weighted by atomic mass is 9.97. The lowest BCUT2D eigenvalue weighted by molar-refractivity contribution is 0.538. The first-order valence-electron chi connectivity index (χ1n) is 5.46. The van der Waals surface area contributed by atoms with Gasteiger partial charge in [0.2, 0.25) is 5.03 Å². The molecule has 2 atom stereocenters. The molecule has 1 aromatic rings. The van der Waals surface area contributed by atoms with E-state index < -0.39 is 11.2 Å². The Morgan fingerprint density at radius 2 is 2.31 bits per heavy atom. The standard InChI is InChI=1S/C13H15NOS/c1-2-13(9-5-3-6-10-13)16(15)12-8-4-7-11-14-12/h3-9,11H,2,10H2,1H3. The molecule has 16 heavy (non-hydrogen) atoms. The van der Waals surface area contributed by atoms with Crippen LogP contribution >= 0.6 is 0 Å². The number of rotatable bonds is 3. The van der Waals surface area contributed by atoms with E-state index >= 15 is 0 Å². The van der Waals surface area contributed by atoms with E-state index in [1.165, 1.54) is 0 Å². The van der Waals surface area contributed by atoms with Gasteiger partial charge in [-0.3, -0.25) is 0 Å². The van der Waals surface area contributed by atoms with Crippen LogP contribution in [0.25, 0.3) is 0 Å². The van der Waals surface area contributed by atoms with Gasteiger partial charge in [0.1, 0.15) is 0 Å². The smallest absolute Gasteiger partial charge is 0.245 e. The summed E-state index contributed by atoms with van der Waals surface area (Å²) >= 11 is -1.08. The van der Waals surface area contributed by atoms with Crippen LogP contribution in [0.3, 0.4) is 0 Å². The van der Waals surface area contributed by atoms with Crippen LogP contribution in [-0.4, -0.2) is 14.3 Å². The topological polar surface area (TPSA) is 36.0 Å².